The molecule has 1 N–H and O–H groups in total. The van der Waals surface area contributed by atoms with Crippen molar-refractivity contribution in [3.8, 4) is 0 Å². The normalized spacial score (nSPS) is 19.9. The van der Waals surface area contributed by atoms with Gasteiger partial charge in [0.15, 0.2) is 11.6 Å². The summed E-state index contributed by atoms with van der Waals surface area (Å²) in [6.45, 7) is 7.32. The second kappa shape index (κ2) is 7.69. The number of anilines is 2. The SMILES string of the molecule is CN(C(=O)OC(C)(C)C)C1CCCN(c2nc3ccccc3nc2NC2CC2)C1. The van der Waals surface area contributed by atoms with Crippen LogP contribution in [0.3, 0.4) is 0 Å². The molecule has 7 heteroatoms. The molecule has 2 heterocycles. The molecule has 0 radical (unpaired) electrons. The molecule has 29 heavy (non-hydrogen) atoms. The van der Waals surface area contributed by atoms with E-state index in [1.807, 2.05) is 52.1 Å². The van der Waals surface area contributed by atoms with Gasteiger partial charge in [0.1, 0.15) is 5.60 Å². The van der Waals surface area contributed by atoms with Gasteiger partial charge in [-0.25, -0.2) is 14.8 Å². The number of piperidine rings is 1. The van der Waals surface area contributed by atoms with Crippen molar-refractivity contribution in [1.29, 1.82) is 0 Å². The highest BCUT2D eigenvalue weighted by molar-refractivity contribution is 5.80. The van der Waals surface area contributed by atoms with E-state index in [2.05, 4.69) is 10.2 Å². The molecule has 4 rings (SSSR count). The average molecular weight is 398 g/mol. The van der Waals surface area contributed by atoms with Crippen molar-refractivity contribution in [2.45, 2.75) is 64.1 Å². The number of hydrogen-bond acceptors (Lipinski definition) is 6. The number of ether oxygens (including phenoxy) is 1. The largest absolute Gasteiger partial charge is 0.444 e. The summed E-state index contributed by atoms with van der Waals surface area (Å²) < 4.78 is 5.56. The molecule has 2 fully saturated rings. The molecule has 0 bridgehead atoms. The maximum Gasteiger partial charge on any atom is 0.410 e. The molecule has 1 saturated heterocycles. The highest BCUT2D eigenvalue weighted by Crippen LogP contribution is 2.32. The van der Waals surface area contributed by atoms with Crippen LogP contribution in [0.2, 0.25) is 0 Å². The first-order valence-electron chi connectivity index (χ1n) is 10.5. The topological polar surface area (TPSA) is 70.6 Å². The quantitative estimate of drug-likeness (QED) is 0.840. The number of nitrogens with one attached hydrogen (secondary N) is 1. The molecule has 2 aromatic rings. The third-order valence-corrected chi connectivity index (χ3v) is 5.40. The molecule has 1 unspecified atom stereocenters. The van der Waals surface area contributed by atoms with E-state index in [1.165, 1.54) is 12.8 Å². The Kier molecular flexibility index (Phi) is 5.23. The summed E-state index contributed by atoms with van der Waals surface area (Å²) >= 11 is 0. The van der Waals surface area contributed by atoms with Crippen molar-refractivity contribution in [3.63, 3.8) is 0 Å². The number of likely N-dealkylation sites (N-methyl/N-ethyl adjacent to an activating group) is 1. The molecule has 1 aliphatic carbocycles. The lowest BCUT2D eigenvalue weighted by atomic mass is 10.0. The van der Waals surface area contributed by atoms with Gasteiger partial charge in [0.25, 0.3) is 0 Å². The molecule has 1 aromatic carbocycles. The van der Waals surface area contributed by atoms with Crippen LogP contribution in [0.4, 0.5) is 16.4 Å². The maximum absolute atomic E-state index is 12.5. The van der Waals surface area contributed by atoms with Gasteiger partial charge < -0.3 is 19.9 Å². The first-order valence-corrected chi connectivity index (χ1v) is 10.5. The lowest BCUT2D eigenvalue weighted by Gasteiger charge is -2.39. The smallest absolute Gasteiger partial charge is 0.410 e. The van der Waals surface area contributed by atoms with Crippen LogP contribution in [-0.2, 0) is 4.74 Å². The Morgan fingerprint density at radius 1 is 1.17 bits per heavy atom. The minimum atomic E-state index is -0.495. The van der Waals surface area contributed by atoms with Crippen molar-refractivity contribution in [3.05, 3.63) is 24.3 Å². The summed E-state index contributed by atoms with van der Waals surface area (Å²) in [7, 11) is 1.83. The van der Waals surface area contributed by atoms with Crippen LogP contribution in [0.5, 0.6) is 0 Å². The van der Waals surface area contributed by atoms with Gasteiger partial charge in [-0.1, -0.05) is 12.1 Å². The van der Waals surface area contributed by atoms with Gasteiger partial charge in [-0.2, -0.15) is 0 Å². The fourth-order valence-corrected chi connectivity index (χ4v) is 3.68. The van der Waals surface area contributed by atoms with Gasteiger partial charge >= 0.3 is 6.09 Å². The van der Waals surface area contributed by atoms with Gasteiger partial charge in [-0.05, 0) is 58.6 Å². The third-order valence-electron chi connectivity index (χ3n) is 5.40. The Morgan fingerprint density at radius 3 is 2.52 bits per heavy atom. The molecule has 0 spiro atoms. The molecule has 1 aromatic heterocycles. The molecular formula is C22H31N5O2. The van der Waals surface area contributed by atoms with E-state index in [9.17, 15) is 4.79 Å². The van der Waals surface area contributed by atoms with Crippen molar-refractivity contribution in [1.82, 2.24) is 14.9 Å². The average Bonchev–Trinajstić information content (AvgIpc) is 3.49. The monoisotopic (exact) mass is 397 g/mol. The number of fused-ring (bicyclic) bond motifs is 1. The second-order valence-corrected chi connectivity index (χ2v) is 9.14. The minimum absolute atomic E-state index is 0.0839. The number of carbonyl (C=O) groups is 1. The molecule has 1 aliphatic heterocycles. The van der Waals surface area contributed by atoms with E-state index in [1.54, 1.807) is 4.90 Å². The Hall–Kier alpha value is -2.57. The Bertz CT molecular complexity index is 890. The number of nitrogens with zero attached hydrogens (tertiary/aromatic N) is 4. The highest BCUT2D eigenvalue weighted by atomic mass is 16.6. The summed E-state index contributed by atoms with van der Waals surface area (Å²) in [6.07, 6.45) is 4.04. The predicted molar refractivity (Wildman–Crippen MR) is 115 cm³/mol. The van der Waals surface area contributed by atoms with Crippen LogP contribution in [0.25, 0.3) is 11.0 Å². The number of para-hydroxylation sites is 2. The number of carbonyl (C=O) groups excluding carboxylic acids is 1. The summed E-state index contributed by atoms with van der Waals surface area (Å²) in [5.74, 6) is 1.74. The summed E-state index contributed by atoms with van der Waals surface area (Å²) in [4.78, 5) is 26.3. The van der Waals surface area contributed by atoms with Crippen LogP contribution < -0.4 is 10.2 Å². The first kappa shape index (κ1) is 19.7. The number of hydrogen-bond donors (Lipinski definition) is 1. The fourth-order valence-electron chi connectivity index (χ4n) is 3.68. The standard InChI is InChI=1S/C22H31N5O2/c1-22(2,3)29-21(28)26(4)16-8-7-13-27(14-16)20-19(23-15-11-12-15)24-17-9-5-6-10-18(17)25-20/h5-6,9-10,15-16H,7-8,11-14H2,1-4H3,(H,23,24). The fraction of sp³-hybridized carbons (Fsp3) is 0.591. The van der Waals surface area contributed by atoms with Crippen LogP contribution >= 0.6 is 0 Å². The summed E-state index contributed by atoms with van der Waals surface area (Å²) in [5.41, 5.74) is 1.30. The van der Waals surface area contributed by atoms with Gasteiger partial charge in [-0.3, -0.25) is 0 Å². The van der Waals surface area contributed by atoms with Crippen molar-refractivity contribution >= 4 is 28.8 Å². The van der Waals surface area contributed by atoms with Gasteiger partial charge in [-0.15, -0.1) is 0 Å². The number of rotatable bonds is 4. The molecular weight excluding hydrogens is 366 g/mol. The molecule has 2 aliphatic rings. The Morgan fingerprint density at radius 2 is 1.86 bits per heavy atom. The van der Waals surface area contributed by atoms with Gasteiger partial charge in [0.05, 0.1) is 17.1 Å². The third kappa shape index (κ3) is 4.71. The minimum Gasteiger partial charge on any atom is -0.444 e. The van der Waals surface area contributed by atoms with Crippen LogP contribution in [0.1, 0.15) is 46.5 Å². The maximum atomic E-state index is 12.5. The van der Waals surface area contributed by atoms with Crippen LogP contribution in [0.15, 0.2) is 24.3 Å². The van der Waals surface area contributed by atoms with Gasteiger partial charge in [0.2, 0.25) is 0 Å². The molecule has 1 saturated carbocycles. The molecule has 156 valence electrons. The molecule has 1 amide bonds. The van der Waals surface area contributed by atoms with E-state index < -0.39 is 5.60 Å². The predicted octanol–water partition coefficient (Wildman–Crippen LogP) is 4.04. The lowest BCUT2D eigenvalue weighted by Crippen LogP contribution is -2.50. The number of aromatic nitrogens is 2. The van der Waals surface area contributed by atoms with Crippen molar-refractivity contribution < 1.29 is 9.53 Å². The number of benzene rings is 1. The van der Waals surface area contributed by atoms with E-state index in [-0.39, 0.29) is 12.1 Å². The van der Waals surface area contributed by atoms with Crippen LogP contribution in [0, 0.1) is 0 Å². The van der Waals surface area contributed by atoms with Gasteiger partial charge in [0, 0.05) is 26.2 Å². The lowest BCUT2D eigenvalue weighted by molar-refractivity contribution is 0.0209. The Labute approximate surface area is 172 Å². The highest BCUT2D eigenvalue weighted by Gasteiger charge is 2.32. The first-order chi connectivity index (χ1) is 13.8. The summed E-state index contributed by atoms with van der Waals surface area (Å²) in [6, 6.07) is 8.56. The molecule has 7 nitrogen and oxygen atoms in total. The summed E-state index contributed by atoms with van der Waals surface area (Å²) in [5, 5.41) is 3.55. The zero-order chi connectivity index (χ0) is 20.6. The number of amides is 1. The van der Waals surface area contributed by atoms with E-state index in [0.717, 1.165) is 48.6 Å². The van der Waals surface area contributed by atoms with Crippen LogP contribution in [-0.4, -0.2) is 58.8 Å². The second-order valence-electron chi connectivity index (χ2n) is 9.14. The zero-order valence-corrected chi connectivity index (χ0v) is 17.8. The van der Waals surface area contributed by atoms with E-state index >= 15 is 0 Å². The van der Waals surface area contributed by atoms with Crippen molar-refractivity contribution in [2.24, 2.45) is 0 Å². The van der Waals surface area contributed by atoms with Crippen molar-refractivity contribution in [2.75, 3.05) is 30.4 Å². The van der Waals surface area contributed by atoms with E-state index in [0.29, 0.717) is 6.04 Å². The zero-order valence-electron chi connectivity index (χ0n) is 17.8. The molecule has 1 atom stereocenters. The Balaban J connectivity index is 1.57. The van der Waals surface area contributed by atoms with E-state index in [4.69, 9.17) is 14.7 Å².